The van der Waals surface area contributed by atoms with Crippen LogP contribution in [0.2, 0.25) is 0 Å². The summed E-state index contributed by atoms with van der Waals surface area (Å²) in [5.74, 6) is -0.177. The molecule has 1 aliphatic rings. The van der Waals surface area contributed by atoms with Gasteiger partial charge < -0.3 is 24.2 Å². The molecule has 2 aromatic rings. The first-order valence-corrected chi connectivity index (χ1v) is 10.6. The number of aryl methyl sites for hydroxylation is 1. The molecular weight excluding hydrogens is 410 g/mol. The third-order valence-electron chi connectivity index (χ3n) is 5.46. The summed E-state index contributed by atoms with van der Waals surface area (Å²) in [6.07, 6.45) is 0.568. The van der Waals surface area contributed by atoms with Crippen LogP contribution in [-0.2, 0) is 14.3 Å². The summed E-state index contributed by atoms with van der Waals surface area (Å²) >= 11 is 0. The average Bonchev–Trinajstić information content (AvgIpc) is 3.04. The van der Waals surface area contributed by atoms with Crippen molar-refractivity contribution < 1.29 is 28.9 Å². The first-order chi connectivity index (χ1) is 15.4. The van der Waals surface area contributed by atoms with Gasteiger partial charge in [0.2, 0.25) is 0 Å². The largest absolute Gasteiger partial charge is 0.507 e. The smallest absolute Gasteiger partial charge is 0.295 e. The molecule has 7 heteroatoms. The van der Waals surface area contributed by atoms with Crippen LogP contribution in [0, 0.1) is 6.92 Å². The summed E-state index contributed by atoms with van der Waals surface area (Å²) < 4.78 is 15.9. The molecule has 0 aliphatic carbocycles. The summed E-state index contributed by atoms with van der Waals surface area (Å²) in [6.45, 7) is 5.06. The molecule has 1 atom stereocenters. The van der Waals surface area contributed by atoms with Crippen molar-refractivity contribution in [1.29, 1.82) is 0 Å². The molecule has 1 aliphatic heterocycles. The Bertz CT molecular complexity index is 1010. The van der Waals surface area contributed by atoms with Crippen LogP contribution in [0.25, 0.3) is 5.76 Å². The van der Waals surface area contributed by atoms with Gasteiger partial charge in [-0.1, -0.05) is 12.1 Å². The first-order valence-electron chi connectivity index (χ1n) is 10.6. The van der Waals surface area contributed by atoms with Crippen LogP contribution < -0.4 is 9.47 Å². The number of carbonyl (C=O) groups excluding carboxylic acids is 2. The summed E-state index contributed by atoms with van der Waals surface area (Å²) in [6, 6.07) is 11.7. The zero-order valence-corrected chi connectivity index (χ0v) is 18.9. The predicted molar refractivity (Wildman–Crippen MR) is 121 cm³/mol. The van der Waals surface area contributed by atoms with Gasteiger partial charge in [-0.15, -0.1) is 0 Å². The van der Waals surface area contributed by atoms with Gasteiger partial charge in [0.15, 0.2) is 0 Å². The lowest BCUT2D eigenvalue weighted by Crippen LogP contribution is -2.31. The fourth-order valence-corrected chi connectivity index (χ4v) is 3.93. The van der Waals surface area contributed by atoms with Gasteiger partial charge in [-0.25, -0.2) is 0 Å². The average molecular weight is 440 g/mol. The highest BCUT2D eigenvalue weighted by Gasteiger charge is 2.45. The second-order valence-electron chi connectivity index (χ2n) is 7.53. The van der Waals surface area contributed by atoms with Gasteiger partial charge in [0.05, 0.1) is 25.3 Å². The Balaban J connectivity index is 2.10. The Kier molecular flexibility index (Phi) is 7.53. The molecule has 32 heavy (non-hydrogen) atoms. The van der Waals surface area contributed by atoms with Crippen LogP contribution in [0.1, 0.15) is 36.1 Å². The quantitative estimate of drug-likeness (QED) is 0.276. The zero-order chi connectivity index (χ0) is 23.3. The summed E-state index contributed by atoms with van der Waals surface area (Å²) in [5, 5.41) is 11.1. The molecule has 1 amide bonds. The zero-order valence-electron chi connectivity index (χ0n) is 18.9. The van der Waals surface area contributed by atoms with E-state index in [2.05, 4.69) is 0 Å². The van der Waals surface area contributed by atoms with E-state index in [1.165, 1.54) is 4.90 Å². The Labute approximate surface area is 188 Å². The monoisotopic (exact) mass is 439 g/mol. The molecule has 0 aromatic heterocycles. The van der Waals surface area contributed by atoms with E-state index in [0.29, 0.717) is 43.2 Å². The number of ether oxygens (including phenoxy) is 3. The van der Waals surface area contributed by atoms with Gasteiger partial charge in [-0.2, -0.15) is 0 Å². The fourth-order valence-electron chi connectivity index (χ4n) is 3.93. The Morgan fingerprint density at radius 1 is 1.09 bits per heavy atom. The van der Waals surface area contributed by atoms with Crippen LogP contribution in [0.4, 0.5) is 0 Å². The molecule has 0 bridgehead atoms. The van der Waals surface area contributed by atoms with E-state index >= 15 is 0 Å². The van der Waals surface area contributed by atoms with Crippen molar-refractivity contribution in [1.82, 2.24) is 4.90 Å². The van der Waals surface area contributed by atoms with Crippen LogP contribution in [0.5, 0.6) is 11.5 Å². The van der Waals surface area contributed by atoms with Crippen molar-refractivity contribution in [2.24, 2.45) is 0 Å². The van der Waals surface area contributed by atoms with Crippen LogP contribution in [0.15, 0.2) is 48.0 Å². The SMILES string of the molecule is CCOc1ccc([C@H]2C(=C(O)c3ccc(OC)c(C)c3)C(=O)C(=O)N2CCCOC)cc1. The maximum Gasteiger partial charge on any atom is 0.295 e. The van der Waals surface area contributed by atoms with Crippen molar-refractivity contribution in [3.05, 3.63) is 64.7 Å². The van der Waals surface area contributed by atoms with Gasteiger partial charge in [0, 0.05) is 25.8 Å². The number of likely N-dealkylation sites (tertiary alicyclic amines) is 1. The minimum Gasteiger partial charge on any atom is -0.507 e. The Morgan fingerprint density at radius 3 is 2.41 bits per heavy atom. The number of benzene rings is 2. The van der Waals surface area contributed by atoms with Crippen molar-refractivity contribution >= 4 is 17.4 Å². The van der Waals surface area contributed by atoms with Gasteiger partial charge in [0.25, 0.3) is 11.7 Å². The third kappa shape index (κ3) is 4.62. The summed E-state index contributed by atoms with van der Waals surface area (Å²) in [4.78, 5) is 27.4. The maximum absolute atomic E-state index is 13.0. The molecule has 1 fully saturated rings. The molecule has 0 unspecified atom stereocenters. The third-order valence-corrected chi connectivity index (χ3v) is 5.46. The molecule has 1 saturated heterocycles. The van der Waals surface area contributed by atoms with E-state index in [4.69, 9.17) is 14.2 Å². The standard InChI is InChI=1S/C25H29NO6/c1-5-32-19-10-7-17(8-11-19)22-21(24(28)25(29)26(22)13-6-14-30-3)23(27)18-9-12-20(31-4)16(2)15-18/h7-12,15,22,27H,5-6,13-14H2,1-4H3/t22-/m0/s1. The lowest BCUT2D eigenvalue weighted by atomic mass is 9.94. The molecule has 170 valence electrons. The van der Waals surface area contributed by atoms with E-state index in [-0.39, 0.29) is 11.3 Å². The lowest BCUT2D eigenvalue weighted by Gasteiger charge is -2.25. The lowest BCUT2D eigenvalue weighted by molar-refractivity contribution is -0.140. The number of methoxy groups -OCH3 is 2. The van der Waals surface area contributed by atoms with Crippen molar-refractivity contribution in [3.8, 4) is 11.5 Å². The van der Waals surface area contributed by atoms with Crippen LogP contribution >= 0.6 is 0 Å². The van der Waals surface area contributed by atoms with E-state index < -0.39 is 17.7 Å². The predicted octanol–water partition coefficient (Wildman–Crippen LogP) is 3.86. The molecular formula is C25H29NO6. The van der Waals surface area contributed by atoms with E-state index in [1.54, 1.807) is 44.6 Å². The molecule has 1 N–H and O–H groups in total. The fraction of sp³-hybridized carbons (Fsp3) is 0.360. The molecule has 7 nitrogen and oxygen atoms in total. The highest BCUT2D eigenvalue weighted by molar-refractivity contribution is 6.46. The first kappa shape index (κ1) is 23.3. The maximum atomic E-state index is 13.0. The normalized spacial score (nSPS) is 17.6. The topological polar surface area (TPSA) is 85.3 Å². The molecule has 0 radical (unpaired) electrons. The number of aliphatic hydroxyl groups is 1. The number of aliphatic hydroxyl groups excluding tert-OH is 1. The van der Waals surface area contributed by atoms with Crippen molar-refractivity contribution in [2.75, 3.05) is 34.0 Å². The number of hydrogen-bond acceptors (Lipinski definition) is 6. The van der Waals surface area contributed by atoms with Crippen LogP contribution in [0.3, 0.4) is 0 Å². The summed E-state index contributed by atoms with van der Waals surface area (Å²) in [5.41, 5.74) is 2.05. The highest BCUT2D eigenvalue weighted by atomic mass is 16.5. The highest BCUT2D eigenvalue weighted by Crippen LogP contribution is 2.40. The Hall–Kier alpha value is -3.32. The molecule has 0 saturated carbocycles. The molecule has 1 heterocycles. The van der Waals surface area contributed by atoms with E-state index in [0.717, 1.165) is 11.1 Å². The number of amides is 1. The van der Waals surface area contributed by atoms with Crippen LogP contribution in [-0.4, -0.2) is 55.7 Å². The number of carbonyl (C=O) groups is 2. The molecule has 2 aromatic carbocycles. The van der Waals surface area contributed by atoms with Crippen molar-refractivity contribution in [2.45, 2.75) is 26.3 Å². The second kappa shape index (κ2) is 10.3. The van der Waals surface area contributed by atoms with E-state index in [1.807, 2.05) is 26.0 Å². The van der Waals surface area contributed by atoms with E-state index in [9.17, 15) is 14.7 Å². The van der Waals surface area contributed by atoms with Gasteiger partial charge >= 0.3 is 0 Å². The number of Topliss-reactive ketones (excluding diaryl/α,β-unsaturated/α-hetero) is 1. The minimum absolute atomic E-state index is 0.0705. The number of nitrogens with zero attached hydrogens (tertiary/aromatic N) is 1. The van der Waals surface area contributed by atoms with Gasteiger partial charge in [-0.05, 0) is 61.7 Å². The molecule has 0 spiro atoms. The number of hydrogen-bond donors (Lipinski definition) is 1. The second-order valence-corrected chi connectivity index (χ2v) is 7.53. The van der Waals surface area contributed by atoms with Gasteiger partial charge in [-0.3, -0.25) is 9.59 Å². The number of ketones is 1. The summed E-state index contributed by atoms with van der Waals surface area (Å²) in [7, 11) is 3.16. The minimum atomic E-state index is -0.704. The number of rotatable bonds is 9. The molecule has 3 rings (SSSR count). The van der Waals surface area contributed by atoms with Crippen molar-refractivity contribution in [3.63, 3.8) is 0 Å². The Morgan fingerprint density at radius 2 is 1.81 bits per heavy atom. The van der Waals surface area contributed by atoms with Gasteiger partial charge in [0.1, 0.15) is 17.3 Å².